The Hall–Kier alpha value is -0.860. The maximum Gasteiger partial charge on any atom is 0.318 e. The molecule has 3 heteroatoms. The Morgan fingerprint density at radius 3 is 1.92 bits per heavy atom. The van der Waals surface area contributed by atoms with Crippen LogP contribution in [0.25, 0.3) is 0 Å². The summed E-state index contributed by atoms with van der Waals surface area (Å²) in [6.45, 7) is 6.71. The van der Waals surface area contributed by atoms with Gasteiger partial charge >= 0.3 is 5.97 Å². The van der Waals surface area contributed by atoms with Gasteiger partial charge in [-0.05, 0) is 13.8 Å². The molecule has 0 aliphatic rings. The Bertz CT molecular complexity index is 192. The molecule has 3 nitrogen and oxygen atoms in total. The number of carbonyl (C=O) groups is 2. The van der Waals surface area contributed by atoms with Crippen LogP contribution >= 0.6 is 0 Å². The lowest BCUT2D eigenvalue weighted by molar-refractivity contribution is -0.156. The number of methoxy groups -OCH3 is 1. The molecule has 0 spiro atoms. The first-order chi connectivity index (χ1) is 5.34. The van der Waals surface area contributed by atoms with Gasteiger partial charge in [-0.1, -0.05) is 13.8 Å². The van der Waals surface area contributed by atoms with Crippen molar-refractivity contribution < 1.29 is 14.3 Å². The van der Waals surface area contributed by atoms with Crippen LogP contribution in [0.3, 0.4) is 0 Å². The minimum Gasteiger partial charge on any atom is -0.468 e. The molecular formula is C9H16O3. The summed E-state index contributed by atoms with van der Waals surface area (Å²) in [5.74, 6) is -0.699. The lowest BCUT2D eigenvalue weighted by Crippen LogP contribution is -2.37. The number of carbonyl (C=O) groups excluding carboxylic acids is 2. The van der Waals surface area contributed by atoms with E-state index >= 15 is 0 Å². The highest BCUT2D eigenvalue weighted by molar-refractivity contribution is 6.03. The average molecular weight is 172 g/mol. The van der Waals surface area contributed by atoms with Crippen molar-refractivity contribution in [3.63, 3.8) is 0 Å². The van der Waals surface area contributed by atoms with Crippen LogP contribution in [-0.2, 0) is 14.3 Å². The van der Waals surface area contributed by atoms with Crippen molar-refractivity contribution in [1.82, 2.24) is 0 Å². The number of Topliss-reactive ketones (excluding diaryl/α,β-unsaturated/α-hetero) is 1. The molecule has 70 valence electrons. The fourth-order valence-corrected chi connectivity index (χ4v) is 1.08. The van der Waals surface area contributed by atoms with Crippen LogP contribution in [0, 0.1) is 11.3 Å². The predicted molar refractivity (Wildman–Crippen MR) is 45.6 cm³/mol. The zero-order valence-corrected chi connectivity index (χ0v) is 8.30. The van der Waals surface area contributed by atoms with E-state index in [-0.39, 0.29) is 11.7 Å². The Morgan fingerprint density at radius 2 is 1.67 bits per heavy atom. The lowest BCUT2D eigenvalue weighted by atomic mass is 9.82. The predicted octanol–water partition coefficient (Wildman–Crippen LogP) is 1.41. The molecule has 0 fully saturated rings. The summed E-state index contributed by atoms with van der Waals surface area (Å²) in [5.41, 5.74) is -1.01. The average Bonchev–Trinajstić information content (AvgIpc) is 2.01. The van der Waals surface area contributed by atoms with Crippen molar-refractivity contribution in [2.75, 3.05) is 7.11 Å². The molecule has 0 radical (unpaired) electrons. The maximum atomic E-state index is 11.5. The summed E-state index contributed by atoms with van der Waals surface area (Å²) in [4.78, 5) is 22.6. The smallest absolute Gasteiger partial charge is 0.318 e. The molecule has 0 atom stereocenters. The standard InChI is InChI=1S/C9H16O3/c1-6(2)7(10)9(3,4)8(11)12-5/h6H,1-5H3. The zero-order valence-electron chi connectivity index (χ0n) is 8.30. The van der Waals surface area contributed by atoms with Crippen LogP contribution in [0.4, 0.5) is 0 Å². The van der Waals surface area contributed by atoms with Crippen LogP contribution in [0.15, 0.2) is 0 Å². The number of hydrogen-bond acceptors (Lipinski definition) is 3. The van der Waals surface area contributed by atoms with Crippen molar-refractivity contribution >= 4 is 11.8 Å². The van der Waals surface area contributed by atoms with Gasteiger partial charge in [0.2, 0.25) is 0 Å². The van der Waals surface area contributed by atoms with Gasteiger partial charge in [0.25, 0.3) is 0 Å². The summed E-state index contributed by atoms with van der Waals surface area (Å²) in [6, 6.07) is 0. The first kappa shape index (κ1) is 11.1. The quantitative estimate of drug-likeness (QED) is 0.477. The molecule has 0 aromatic heterocycles. The Morgan fingerprint density at radius 1 is 1.25 bits per heavy atom. The molecule has 0 aromatic rings. The van der Waals surface area contributed by atoms with Crippen molar-refractivity contribution in [1.29, 1.82) is 0 Å². The third kappa shape index (κ3) is 2.06. The summed E-state index contributed by atoms with van der Waals surface area (Å²) < 4.78 is 4.53. The van der Waals surface area contributed by atoms with E-state index in [1.54, 1.807) is 27.7 Å². The van der Waals surface area contributed by atoms with Crippen LogP contribution in [0.5, 0.6) is 0 Å². The van der Waals surface area contributed by atoms with E-state index in [0.717, 1.165) is 0 Å². The molecule has 0 aromatic carbocycles. The molecule has 0 rings (SSSR count). The van der Waals surface area contributed by atoms with Crippen molar-refractivity contribution in [2.24, 2.45) is 11.3 Å². The van der Waals surface area contributed by atoms with E-state index in [0.29, 0.717) is 0 Å². The first-order valence-corrected chi connectivity index (χ1v) is 3.96. The molecular weight excluding hydrogens is 156 g/mol. The summed E-state index contributed by atoms with van der Waals surface area (Å²) in [5, 5.41) is 0. The molecule has 12 heavy (non-hydrogen) atoms. The molecule has 0 unspecified atom stereocenters. The van der Waals surface area contributed by atoms with Gasteiger partial charge in [0, 0.05) is 5.92 Å². The monoisotopic (exact) mass is 172 g/mol. The van der Waals surface area contributed by atoms with Gasteiger partial charge in [-0.25, -0.2) is 0 Å². The molecule has 0 aliphatic heterocycles. The fourth-order valence-electron chi connectivity index (χ4n) is 1.08. The number of rotatable bonds is 3. The second kappa shape index (κ2) is 3.70. The van der Waals surface area contributed by atoms with Crippen LogP contribution in [0.2, 0.25) is 0 Å². The van der Waals surface area contributed by atoms with Crippen molar-refractivity contribution in [3.8, 4) is 0 Å². The first-order valence-electron chi connectivity index (χ1n) is 3.96. The molecule has 0 aliphatic carbocycles. The van der Waals surface area contributed by atoms with Gasteiger partial charge in [0.1, 0.15) is 5.41 Å². The highest BCUT2D eigenvalue weighted by Gasteiger charge is 2.37. The van der Waals surface area contributed by atoms with E-state index in [1.807, 2.05) is 0 Å². The Balaban J connectivity index is 4.61. The molecule has 0 N–H and O–H groups in total. The summed E-state index contributed by atoms with van der Waals surface area (Å²) >= 11 is 0. The maximum absolute atomic E-state index is 11.5. The van der Waals surface area contributed by atoms with E-state index in [1.165, 1.54) is 7.11 Å². The van der Waals surface area contributed by atoms with Crippen LogP contribution in [-0.4, -0.2) is 18.9 Å². The van der Waals surface area contributed by atoms with E-state index in [4.69, 9.17) is 0 Å². The third-order valence-electron chi connectivity index (χ3n) is 1.84. The van der Waals surface area contributed by atoms with Gasteiger partial charge in [-0.2, -0.15) is 0 Å². The zero-order chi connectivity index (χ0) is 9.94. The van der Waals surface area contributed by atoms with Gasteiger partial charge in [0.15, 0.2) is 5.78 Å². The van der Waals surface area contributed by atoms with Crippen LogP contribution in [0.1, 0.15) is 27.7 Å². The highest BCUT2D eigenvalue weighted by atomic mass is 16.5. The Kier molecular flexibility index (Phi) is 3.43. The lowest BCUT2D eigenvalue weighted by Gasteiger charge is -2.21. The number of ketones is 1. The van der Waals surface area contributed by atoms with Gasteiger partial charge in [-0.15, -0.1) is 0 Å². The topological polar surface area (TPSA) is 43.4 Å². The van der Waals surface area contributed by atoms with E-state index < -0.39 is 11.4 Å². The van der Waals surface area contributed by atoms with Gasteiger partial charge in [0.05, 0.1) is 7.11 Å². The largest absolute Gasteiger partial charge is 0.468 e. The van der Waals surface area contributed by atoms with Crippen molar-refractivity contribution in [3.05, 3.63) is 0 Å². The summed E-state index contributed by atoms with van der Waals surface area (Å²) in [6.07, 6.45) is 0. The minimum absolute atomic E-state index is 0.0886. The molecule has 0 bridgehead atoms. The normalized spacial score (nSPS) is 11.5. The van der Waals surface area contributed by atoms with Crippen molar-refractivity contribution in [2.45, 2.75) is 27.7 Å². The van der Waals surface area contributed by atoms with Crippen LogP contribution < -0.4 is 0 Å². The second-order valence-electron chi connectivity index (χ2n) is 3.64. The molecule has 0 heterocycles. The Labute approximate surface area is 73.1 Å². The number of hydrogen-bond donors (Lipinski definition) is 0. The highest BCUT2D eigenvalue weighted by Crippen LogP contribution is 2.22. The second-order valence-corrected chi connectivity index (χ2v) is 3.64. The third-order valence-corrected chi connectivity index (χ3v) is 1.84. The van der Waals surface area contributed by atoms with E-state index in [2.05, 4.69) is 4.74 Å². The fraction of sp³-hybridized carbons (Fsp3) is 0.778. The number of esters is 1. The molecule has 0 saturated heterocycles. The number of ether oxygens (including phenoxy) is 1. The van der Waals surface area contributed by atoms with Gasteiger partial charge in [-0.3, -0.25) is 9.59 Å². The van der Waals surface area contributed by atoms with E-state index in [9.17, 15) is 9.59 Å². The van der Waals surface area contributed by atoms with Gasteiger partial charge < -0.3 is 4.74 Å². The minimum atomic E-state index is -1.01. The molecule has 0 saturated carbocycles. The SMILES string of the molecule is COC(=O)C(C)(C)C(=O)C(C)C. The molecule has 0 amide bonds. The summed E-state index contributed by atoms with van der Waals surface area (Å²) in [7, 11) is 1.29.